The van der Waals surface area contributed by atoms with E-state index in [9.17, 15) is 19.3 Å². The van der Waals surface area contributed by atoms with E-state index in [1.165, 1.54) is 18.2 Å². The molecule has 21 heavy (non-hydrogen) atoms. The summed E-state index contributed by atoms with van der Waals surface area (Å²) < 4.78 is 13.1. The van der Waals surface area contributed by atoms with E-state index in [0.717, 1.165) is 12.1 Å². The lowest BCUT2D eigenvalue weighted by Crippen LogP contribution is -2.04. The highest BCUT2D eigenvalue weighted by atomic mass is 19.1. The molecule has 2 N–H and O–H groups in total. The van der Waals surface area contributed by atoms with Gasteiger partial charge in [0.15, 0.2) is 0 Å². The minimum Gasteiger partial charge on any atom is -0.478 e. The minimum atomic E-state index is -1.09. The highest BCUT2D eigenvalue weighted by Crippen LogP contribution is 2.30. The maximum absolute atomic E-state index is 13.1. The molecule has 0 aliphatic heterocycles. The number of carboxylic acid groups (broad SMARTS) is 1. The van der Waals surface area contributed by atoms with Crippen molar-refractivity contribution in [2.45, 2.75) is 6.92 Å². The molecule has 108 valence electrons. The van der Waals surface area contributed by atoms with Crippen LogP contribution in [0.25, 0.3) is 0 Å². The standard InChI is InChI=1S/C14H11FN2O4/c1-8-10(14(18)19)3-2-4-11(8)16-12-6-5-9(15)7-13(12)17(20)21/h2-7,16H,1H3,(H,18,19). The molecule has 0 bridgehead atoms. The van der Waals surface area contributed by atoms with Gasteiger partial charge in [0.25, 0.3) is 5.69 Å². The van der Waals surface area contributed by atoms with Gasteiger partial charge in [0.2, 0.25) is 0 Å². The maximum atomic E-state index is 13.1. The van der Waals surface area contributed by atoms with Crippen molar-refractivity contribution in [2.75, 3.05) is 5.32 Å². The number of nitro benzene ring substituents is 1. The number of nitrogens with zero attached hydrogens (tertiary/aromatic N) is 1. The van der Waals surface area contributed by atoms with Gasteiger partial charge >= 0.3 is 5.97 Å². The summed E-state index contributed by atoms with van der Waals surface area (Å²) >= 11 is 0. The summed E-state index contributed by atoms with van der Waals surface area (Å²) in [5, 5.41) is 22.8. The molecule has 7 heteroatoms. The predicted octanol–water partition coefficient (Wildman–Crippen LogP) is 3.48. The van der Waals surface area contributed by atoms with Crippen molar-refractivity contribution in [2.24, 2.45) is 0 Å². The van der Waals surface area contributed by atoms with Crippen LogP contribution in [0.15, 0.2) is 36.4 Å². The van der Waals surface area contributed by atoms with Gasteiger partial charge in [-0.2, -0.15) is 0 Å². The molecule has 2 aromatic rings. The number of benzene rings is 2. The summed E-state index contributed by atoms with van der Waals surface area (Å²) in [6.07, 6.45) is 0. The number of aromatic carboxylic acids is 1. The molecule has 0 saturated heterocycles. The molecule has 0 unspecified atom stereocenters. The molecule has 0 amide bonds. The highest BCUT2D eigenvalue weighted by Gasteiger charge is 2.17. The molecule has 0 aliphatic carbocycles. The minimum absolute atomic E-state index is 0.0877. The van der Waals surface area contributed by atoms with Crippen molar-refractivity contribution in [1.29, 1.82) is 0 Å². The lowest BCUT2D eigenvalue weighted by molar-refractivity contribution is -0.384. The van der Waals surface area contributed by atoms with Crippen molar-refractivity contribution >= 4 is 23.0 Å². The van der Waals surface area contributed by atoms with E-state index >= 15 is 0 Å². The first kappa shape index (κ1) is 14.4. The Balaban J connectivity index is 2.46. The quantitative estimate of drug-likeness (QED) is 0.664. The van der Waals surface area contributed by atoms with Crippen LogP contribution in [0.5, 0.6) is 0 Å². The van der Waals surface area contributed by atoms with Gasteiger partial charge in [-0.25, -0.2) is 9.18 Å². The number of hydrogen-bond acceptors (Lipinski definition) is 4. The number of halogens is 1. The number of carboxylic acids is 1. The summed E-state index contributed by atoms with van der Waals surface area (Å²) in [6, 6.07) is 7.68. The average molecular weight is 290 g/mol. The van der Waals surface area contributed by atoms with Gasteiger partial charge in [-0.1, -0.05) is 6.07 Å². The fourth-order valence-corrected chi connectivity index (χ4v) is 1.91. The molecule has 0 radical (unpaired) electrons. The summed E-state index contributed by atoms with van der Waals surface area (Å²) in [5.41, 5.74) is 0.597. The van der Waals surface area contributed by atoms with Crippen LogP contribution in [0.2, 0.25) is 0 Å². The third kappa shape index (κ3) is 2.97. The Labute approximate surface area is 119 Å². The van der Waals surface area contributed by atoms with Crippen molar-refractivity contribution < 1.29 is 19.2 Å². The Morgan fingerprint density at radius 1 is 1.29 bits per heavy atom. The normalized spacial score (nSPS) is 10.2. The molecular weight excluding hydrogens is 279 g/mol. The molecule has 0 spiro atoms. The van der Waals surface area contributed by atoms with Gasteiger partial charge in [-0.3, -0.25) is 10.1 Å². The monoisotopic (exact) mass is 290 g/mol. The fourth-order valence-electron chi connectivity index (χ4n) is 1.91. The SMILES string of the molecule is Cc1c(Nc2ccc(F)cc2[N+](=O)[O-])cccc1C(=O)O. The molecule has 0 saturated carbocycles. The molecule has 2 rings (SSSR count). The largest absolute Gasteiger partial charge is 0.478 e. The van der Waals surface area contributed by atoms with E-state index in [1.54, 1.807) is 13.0 Å². The molecular formula is C14H11FN2O4. The van der Waals surface area contributed by atoms with Crippen molar-refractivity contribution in [3.05, 3.63) is 63.5 Å². The molecule has 0 aromatic heterocycles. The van der Waals surface area contributed by atoms with Gasteiger partial charge in [0.05, 0.1) is 16.6 Å². The van der Waals surface area contributed by atoms with Crippen molar-refractivity contribution in [3.63, 3.8) is 0 Å². The van der Waals surface area contributed by atoms with E-state index in [4.69, 9.17) is 5.11 Å². The topological polar surface area (TPSA) is 92.5 Å². The summed E-state index contributed by atoms with van der Waals surface area (Å²) in [7, 11) is 0. The molecule has 2 aromatic carbocycles. The van der Waals surface area contributed by atoms with Gasteiger partial charge in [-0.15, -0.1) is 0 Å². The van der Waals surface area contributed by atoms with Crippen LogP contribution in [-0.4, -0.2) is 16.0 Å². The molecule has 6 nitrogen and oxygen atoms in total. The average Bonchev–Trinajstić information content (AvgIpc) is 2.42. The smallest absolute Gasteiger partial charge is 0.336 e. The molecule has 0 fully saturated rings. The van der Waals surface area contributed by atoms with Crippen LogP contribution in [0.3, 0.4) is 0 Å². The zero-order valence-electron chi connectivity index (χ0n) is 11.0. The van der Waals surface area contributed by atoms with Crippen molar-refractivity contribution in [3.8, 4) is 0 Å². The number of carbonyl (C=O) groups is 1. The van der Waals surface area contributed by atoms with Gasteiger partial charge < -0.3 is 10.4 Å². The van der Waals surface area contributed by atoms with Gasteiger partial charge in [0.1, 0.15) is 11.5 Å². The Kier molecular flexibility index (Phi) is 3.84. The van der Waals surface area contributed by atoms with E-state index in [-0.39, 0.29) is 11.3 Å². The Bertz CT molecular complexity index is 731. The molecule has 0 heterocycles. The third-order valence-electron chi connectivity index (χ3n) is 2.99. The van der Waals surface area contributed by atoms with E-state index < -0.39 is 22.4 Å². The fraction of sp³-hybridized carbons (Fsp3) is 0.0714. The number of anilines is 2. The Morgan fingerprint density at radius 3 is 2.62 bits per heavy atom. The zero-order valence-corrected chi connectivity index (χ0v) is 11.0. The van der Waals surface area contributed by atoms with Crippen LogP contribution < -0.4 is 5.32 Å². The summed E-state index contributed by atoms with van der Waals surface area (Å²) in [4.78, 5) is 21.3. The second-order valence-electron chi connectivity index (χ2n) is 4.33. The van der Waals surface area contributed by atoms with Gasteiger partial charge in [0, 0.05) is 5.69 Å². The maximum Gasteiger partial charge on any atom is 0.336 e. The highest BCUT2D eigenvalue weighted by molar-refractivity contribution is 5.91. The summed E-state index contributed by atoms with van der Waals surface area (Å²) in [5.74, 6) is -1.81. The van der Waals surface area contributed by atoms with E-state index in [0.29, 0.717) is 11.3 Å². The van der Waals surface area contributed by atoms with Crippen LogP contribution in [0.4, 0.5) is 21.5 Å². The van der Waals surface area contributed by atoms with Crippen LogP contribution in [0.1, 0.15) is 15.9 Å². The number of nitro groups is 1. The predicted molar refractivity (Wildman–Crippen MR) is 74.5 cm³/mol. The lowest BCUT2D eigenvalue weighted by Gasteiger charge is -2.11. The number of nitrogens with one attached hydrogen (secondary N) is 1. The third-order valence-corrected chi connectivity index (χ3v) is 2.99. The van der Waals surface area contributed by atoms with Crippen molar-refractivity contribution in [1.82, 2.24) is 0 Å². The molecule has 0 atom stereocenters. The zero-order chi connectivity index (χ0) is 15.6. The first-order valence-electron chi connectivity index (χ1n) is 5.94. The van der Waals surface area contributed by atoms with E-state index in [2.05, 4.69) is 5.32 Å². The summed E-state index contributed by atoms with van der Waals surface area (Å²) in [6.45, 7) is 1.58. The van der Waals surface area contributed by atoms with Gasteiger partial charge in [-0.05, 0) is 36.8 Å². The van der Waals surface area contributed by atoms with E-state index in [1.807, 2.05) is 0 Å². The van der Waals surface area contributed by atoms with Crippen LogP contribution in [-0.2, 0) is 0 Å². The second kappa shape index (κ2) is 5.58. The number of hydrogen-bond donors (Lipinski definition) is 2. The Hall–Kier alpha value is -2.96. The van der Waals surface area contributed by atoms with Crippen LogP contribution >= 0.6 is 0 Å². The first-order chi connectivity index (χ1) is 9.90. The first-order valence-corrected chi connectivity index (χ1v) is 5.94. The lowest BCUT2D eigenvalue weighted by atomic mass is 10.1. The molecule has 0 aliphatic rings. The van der Waals surface area contributed by atoms with Crippen LogP contribution in [0, 0.1) is 22.9 Å². The Morgan fingerprint density at radius 2 is 2.00 bits per heavy atom. The second-order valence-corrected chi connectivity index (χ2v) is 4.33. The number of rotatable bonds is 4.